The molecule has 26 heavy (non-hydrogen) atoms. The largest absolute Gasteiger partial charge is 0.497 e. The first kappa shape index (κ1) is 18.4. The van der Waals surface area contributed by atoms with Crippen molar-refractivity contribution < 1.29 is 14.3 Å². The summed E-state index contributed by atoms with van der Waals surface area (Å²) in [5, 5.41) is 3.63. The second kappa shape index (κ2) is 7.85. The summed E-state index contributed by atoms with van der Waals surface area (Å²) >= 11 is 12.2. The second-order valence-electron chi connectivity index (χ2n) is 5.53. The van der Waals surface area contributed by atoms with Crippen LogP contribution in [0.15, 0.2) is 36.5 Å². The molecule has 8 heteroatoms. The first-order valence-corrected chi connectivity index (χ1v) is 8.64. The van der Waals surface area contributed by atoms with Crippen molar-refractivity contribution in [1.82, 2.24) is 14.7 Å². The zero-order valence-electron chi connectivity index (χ0n) is 14.3. The Morgan fingerprint density at radius 3 is 2.62 bits per heavy atom. The number of methoxy groups -OCH3 is 1. The SMILES string of the molecule is COc1ccc(OCCNC(=O)c2c(C)nc3c(Cl)cc(Cl)cn23)cc1. The van der Waals surface area contributed by atoms with Crippen LogP contribution in [-0.4, -0.2) is 35.6 Å². The average molecular weight is 394 g/mol. The molecule has 1 aromatic carbocycles. The van der Waals surface area contributed by atoms with E-state index in [1.165, 1.54) is 0 Å². The van der Waals surface area contributed by atoms with Crippen molar-refractivity contribution in [3.63, 3.8) is 0 Å². The zero-order chi connectivity index (χ0) is 18.7. The van der Waals surface area contributed by atoms with Gasteiger partial charge in [0.2, 0.25) is 0 Å². The molecular weight excluding hydrogens is 377 g/mol. The fourth-order valence-electron chi connectivity index (χ4n) is 2.55. The van der Waals surface area contributed by atoms with Gasteiger partial charge in [0.1, 0.15) is 23.8 Å². The van der Waals surface area contributed by atoms with Crippen molar-refractivity contribution >= 4 is 34.8 Å². The molecule has 136 valence electrons. The number of carbonyl (C=O) groups is 1. The molecule has 0 aliphatic carbocycles. The molecule has 0 unspecified atom stereocenters. The summed E-state index contributed by atoms with van der Waals surface area (Å²) in [7, 11) is 1.61. The lowest BCUT2D eigenvalue weighted by atomic mass is 10.3. The van der Waals surface area contributed by atoms with Gasteiger partial charge in [-0.1, -0.05) is 23.2 Å². The predicted molar refractivity (Wildman–Crippen MR) is 101 cm³/mol. The van der Waals surface area contributed by atoms with E-state index in [0.29, 0.717) is 46.0 Å². The van der Waals surface area contributed by atoms with E-state index in [0.717, 1.165) is 5.75 Å². The minimum atomic E-state index is -0.272. The van der Waals surface area contributed by atoms with Crippen LogP contribution >= 0.6 is 23.2 Å². The lowest BCUT2D eigenvalue weighted by Gasteiger charge is -2.09. The minimum absolute atomic E-state index is 0.272. The summed E-state index contributed by atoms with van der Waals surface area (Å²) < 4.78 is 12.3. The van der Waals surface area contributed by atoms with Gasteiger partial charge in [-0.3, -0.25) is 9.20 Å². The van der Waals surface area contributed by atoms with Gasteiger partial charge in [-0.2, -0.15) is 0 Å². The zero-order valence-corrected chi connectivity index (χ0v) is 15.8. The molecule has 0 radical (unpaired) electrons. The standard InChI is InChI=1S/C18H17Cl2N3O3/c1-11-16(23-10-12(19)9-15(20)17(23)22-11)18(24)21-7-8-26-14-5-3-13(25-2)4-6-14/h3-6,9-10H,7-8H2,1-2H3,(H,21,24). The third kappa shape index (κ3) is 3.86. The van der Waals surface area contributed by atoms with Crippen molar-refractivity contribution in [2.24, 2.45) is 0 Å². The van der Waals surface area contributed by atoms with Gasteiger partial charge in [-0.25, -0.2) is 4.98 Å². The summed E-state index contributed by atoms with van der Waals surface area (Å²) in [5.41, 5.74) is 1.46. The van der Waals surface area contributed by atoms with Crippen LogP contribution in [-0.2, 0) is 0 Å². The van der Waals surface area contributed by atoms with Gasteiger partial charge in [0.15, 0.2) is 5.65 Å². The van der Waals surface area contributed by atoms with Gasteiger partial charge in [0, 0.05) is 6.20 Å². The Kier molecular flexibility index (Phi) is 5.54. The van der Waals surface area contributed by atoms with Crippen molar-refractivity contribution in [2.75, 3.05) is 20.3 Å². The van der Waals surface area contributed by atoms with Gasteiger partial charge < -0.3 is 14.8 Å². The van der Waals surface area contributed by atoms with E-state index in [1.807, 2.05) is 12.1 Å². The second-order valence-corrected chi connectivity index (χ2v) is 6.37. The molecule has 3 rings (SSSR count). The maximum Gasteiger partial charge on any atom is 0.270 e. The summed E-state index contributed by atoms with van der Waals surface area (Å²) in [6, 6.07) is 8.82. The number of nitrogens with zero attached hydrogens (tertiary/aromatic N) is 2. The molecule has 1 amide bonds. The van der Waals surface area contributed by atoms with Crippen molar-refractivity contribution in [1.29, 1.82) is 0 Å². The predicted octanol–water partition coefficient (Wildman–Crippen LogP) is 3.77. The monoisotopic (exact) mass is 393 g/mol. The summed E-state index contributed by atoms with van der Waals surface area (Å²) in [4.78, 5) is 16.9. The average Bonchev–Trinajstić information content (AvgIpc) is 2.95. The number of carbonyl (C=O) groups excluding carboxylic acids is 1. The van der Waals surface area contributed by atoms with Gasteiger partial charge in [-0.05, 0) is 37.3 Å². The highest BCUT2D eigenvalue weighted by molar-refractivity contribution is 6.36. The highest BCUT2D eigenvalue weighted by atomic mass is 35.5. The molecule has 3 aromatic rings. The fourth-order valence-corrected chi connectivity index (χ4v) is 3.06. The quantitative estimate of drug-likeness (QED) is 0.647. The normalized spacial score (nSPS) is 10.8. The smallest absolute Gasteiger partial charge is 0.270 e. The number of halogens is 2. The number of benzene rings is 1. The van der Waals surface area contributed by atoms with Gasteiger partial charge in [-0.15, -0.1) is 0 Å². The van der Waals surface area contributed by atoms with Gasteiger partial charge >= 0.3 is 0 Å². The number of fused-ring (bicyclic) bond motifs is 1. The fraction of sp³-hybridized carbons (Fsp3) is 0.222. The van der Waals surface area contributed by atoms with Crippen LogP contribution in [0.4, 0.5) is 0 Å². The first-order valence-electron chi connectivity index (χ1n) is 7.88. The van der Waals surface area contributed by atoms with Crippen LogP contribution in [0.25, 0.3) is 5.65 Å². The third-order valence-corrected chi connectivity index (χ3v) is 4.23. The molecule has 0 saturated heterocycles. The van der Waals surface area contributed by atoms with E-state index in [2.05, 4.69) is 10.3 Å². The summed E-state index contributed by atoms with van der Waals surface area (Å²) in [6.45, 7) is 2.42. The molecule has 0 bridgehead atoms. The lowest BCUT2D eigenvalue weighted by molar-refractivity contribution is 0.0940. The highest BCUT2D eigenvalue weighted by Gasteiger charge is 2.18. The topological polar surface area (TPSA) is 64.9 Å². The van der Waals surface area contributed by atoms with Gasteiger partial charge in [0.25, 0.3) is 5.91 Å². The number of pyridine rings is 1. The molecule has 0 saturated carbocycles. The van der Waals surface area contributed by atoms with E-state index in [-0.39, 0.29) is 5.91 Å². The van der Waals surface area contributed by atoms with E-state index in [4.69, 9.17) is 32.7 Å². The van der Waals surface area contributed by atoms with Crippen molar-refractivity contribution in [3.8, 4) is 11.5 Å². The number of hydrogen-bond donors (Lipinski definition) is 1. The Bertz CT molecular complexity index is 939. The summed E-state index contributed by atoms with van der Waals surface area (Å²) in [6.07, 6.45) is 1.62. The van der Waals surface area contributed by atoms with Gasteiger partial charge in [0.05, 0.1) is 29.4 Å². The number of aromatic nitrogens is 2. The van der Waals surface area contributed by atoms with E-state index < -0.39 is 0 Å². The molecule has 0 atom stereocenters. The summed E-state index contributed by atoms with van der Waals surface area (Å²) in [5.74, 6) is 1.18. The molecule has 2 heterocycles. The maximum atomic E-state index is 12.5. The van der Waals surface area contributed by atoms with Crippen LogP contribution < -0.4 is 14.8 Å². The number of hydrogen-bond acceptors (Lipinski definition) is 4. The van der Waals surface area contributed by atoms with Crippen LogP contribution in [0, 0.1) is 6.92 Å². The highest BCUT2D eigenvalue weighted by Crippen LogP contribution is 2.24. The van der Waals surface area contributed by atoms with E-state index in [9.17, 15) is 4.79 Å². The van der Waals surface area contributed by atoms with Crippen molar-refractivity contribution in [3.05, 3.63) is 58.0 Å². The van der Waals surface area contributed by atoms with Crippen LogP contribution in [0.1, 0.15) is 16.2 Å². The third-order valence-electron chi connectivity index (χ3n) is 3.75. The molecule has 0 fully saturated rings. The Hall–Kier alpha value is -2.44. The van der Waals surface area contributed by atoms with Crippen LogP contribution in [0.5, 0.6) is 11.5 Å². The van der Waals surface area contributed by atoms with E-state index >= 15 is 0 Å². The number of amides is 1. The van der Waals surface area contributed by atoms with Crippen LogP contribution in [0.2, 0.25) is 10.0 Å². The molecule has 0 aliphatic heterocycles. The first-order chi connectivity index (χ1) is 12.5. The molecule has 1 N–H and O–H groups in total. The maximum absolute atomic E-state index is 12.5. The minimum Gasteiger partial charge on any atom is -0.497 e. The Labute approximate surface area is 160 Å². The molecule has 6 nitrogen and oxygen atoms in total. The number of ether oxygens (including phenoxy) is 2. The van der Waals surface area contributed by atoms with Crippen molar-refractivity contribution in [2.45, 2.75) is 6.92 Å². The molecule has 0 spiro atoms. The number of aryl methyl sites for hydroxylation is 1. The molecule has 0 aliphatic rings. The number of imidazole rings is 1. The Morgan fingerprint density at radius 2 is 1.92 bits per heavy atom. The van der Waals surface area contributed by atoms with Crippen LogP contribution in [0.3, 0.4) is 0 Å². The Morgan fingerprint density at radius 1 is 1.23 bits per heavy atom. The number of rotatable bonds is 6. The lowest BCUT2D eigenvalue weighted by Crippen LogP contribution is -2.29. The molecular formula is C18H17Cl2N3O3. The Balaban J connectivity index is 1.63. The van der Waals surface area contributed by atoms with E-state index in [1.54, 1.807) is 42.8 Å². The molecule has 2 aromatic heterocycles. The number of nitrogens with one attached hydrogen (secondary N) is 1.